The second-order valence-electron chi connectivity index (χ2n) is 6.21. The number of hydrogen-bond acceptors (Lipinski definition) is 6. The Bertz CT molecular complexity index is 1230. The standard InChI is InChI=1S/C18H11ClF6N4O3/c1-7-5-11(31-2)27-14(26-7)15-28-13(18(23,24)25)12(16(30)29-15)32-8-3-4-10(19)9(6-8)17(20,21)22/h3-6H,1-2H3,(H,28,29,30). The zero-order valence-corrected chi connectivity index (χ0v) is 16.8. The molecule has 0 aliphatic heterocycles. The van der Waals surface area contributed by atoms with Crippen molar-refractivity contribution in [1.29, 1.82) is 0 Å². The summed E-state index contributed by atoms with van der Waals surface area (Å²) in [6, 6.07) is 3.41. The summed E-state index contributed by atoms with van der Waals surface area (Å²) in [6.07, 6.45) is -10.1. The highest BCUT2D eigenvalue weighted by molar-refractivity contribution is 6.31. The lowest BCUT2D eigenvalue weighted by molar-refractivity contribution is -0.142. The van der Waals surface area contributed by atoms with Crippen LogP contribution >= 0.6 is 11.6 Å². The molecule has 2 aromatic heterocycles. The molecule has 0 radical (unpaired) electrons. The van der Waals surface area contributed by atoms with Crippen LogP contribution in [0.2, 0.25) is 5.02 Å². The molecule has 170 valence electrons. The lowest BCUT2D eigenvalue weighted by Crippen LogP contribution is -2.21. The van der Waals surface area contributed by atoms with Gasteiger partial charge in [0.15, 0.2) is 17.3 Å². The average Bonchev–Trinajstić information content (AvgIpc) is 2.68. The molecule has 2 heterocycles. The van der Waals surface area contributed by atoms with Gasteiger partial charge in [0.1, 0.15) is 5.75 Å². The molecule has 0 bridgehead atoms. The molecule has 1 N–H and O–H groups in total. The Morgan fingerprint density at radius 2 is 1.69 bits per heavy atom. The van der Waals surface area contributed by atoms with Crippen molar-refractivity contribution >= 4 is 11.6 Å². The summed E-state index contributed by atoms with van der Waals surface area (Å²) in [5, 5.41) is -0.700. The van der Waals surface area contributed by atoms with Crippen molar-refractivity contribution in [3.05, 3.63) is 56.6 Å². The van der Waals surface area contributed by atoms with Crippen LogP contribution < -0.4 is 15.0 Å². The number of hydrogen-bond donors (Lipinski definition) is 1. The molecular formula is C18H11ClF6N4O3. The van der Waals surface area contributed by atoms with Crippen LogP contribution in [0.3, 0.4) is 0 Å². The van der Waals surface area contributed by atoms with Crippen LogP contribution in [0.4, 0.5) is 26.3 Å². The molecule has 0 unspecified atom stereocenters. The van der Waals surface area contributed by atoms with Gasteiger partial charge < -0.3 is 14.5 Å². The quantitative estimate of drug-likeness (QED) is 0.527. The summed E-state index contributed by atoms with van der Waals surface area (Å²) in [7, 11) is 1.27. The van der Waals surface area contributed by atoms with Crippen molar-refractivity contribution in [3.63, 3.8) is 0 Å². The van der Waals surface area contributed by atoms with E-state index in [9.17, 15) is 31.1 Å². The molecule has 14 heteroatoms. The number of H-pyrrole nitrogens is 1. The maximum Gasteiger partial charge on any atom is 0.437 e. The Kier molecular flexibility index (Phi) is 6.05. The number of aryl methyl sites for hydroxylation is 1. The van der Waals surface area contributed by atoms with Gasteiger partial charge in [0.25, 0.3) is 5.56 Å². The second kappa shape index (κ2) is 8.30. The molecule has 0 saturated carbocycles. The number of methoxy groups -OCH3 is 1. The first-order valence-corrected chi connectivity index (χ1v) is 8.83. The number of ether oxygens (including phenoxy) is 2. The van der Waals surface area contributed by atoms with Crippen molar-refractivity contribution in [2.75, 3.05) is 7.11 Å². The monoisotopic (exact) mass is 480 g/mol. The normalized spacial score (nSPS) is 12.0. The first-order valence-electron chi connectivity index (χ1n) is 8.45. The smallest absolute Gasteiger partial charge is 0.437 e. The van der Waals surface area contributed by atoms with Crippen LogP contribution in [0.15, 0.2) is 29.1 Å². The maximum atomic E-state index is 13.6. The highest BCUT2D eigenvalue weighted by Gasteiger charge is 2.40. The van der Waals surface area contributed by atoms with Gasteiger partial charge in [0.05, 0.1) is 17.7 Å². The van der Waals surface area contributed by atoms with Gasteiger partial charge in [-0.3, -0.25) is 4.79 Å². The summed E-state index contributed by atoms with van der Waals surface area (Å²) in [5.41, 5.74) is -4.26. The predicted octanol–water partition coefficient (Wildman–Crippen LogP) is 5.03. The number of nitrogens with one attached hydrogen (secondary N) is 1. The second-order valence-corrected chi connectivity index (χ2v) is 6.61. The highest BCUT2D eigenvalue weighted by atomic mass is 35.5. The zero-order valence-electron chi connectivity index (χ0n) is 16.0. The Hall–Kier alpha value is -3.35. The van der Waals surface area contributed by atoms with Gasteiger partial charge in [-0.25, -0.2) is 9.97 Å². The molecule has 0 spiro atoms. The number of rotatable bonds is 4. The van der Waals surface area contributed by atoms with Gasteiger partial charge in [0.2, 0.25) is 11.6 Å². The zero-order chi connectivity index (χ0) is 23.8. The van der Waals surface area contributed by atoms with Crippen molar-refractivity contribution in [3.8, 4) is 29.0 Å². The molecule has 7 nitrogen and oxygen atoms in total. The fourth-order valence-electron chi connectivity index (χ4n) is 2.51. The number of alkyl halides is 6. The molecule has 32 heavy (non-hydrogen) atoms. The van der Waals surface area contributed by atoms with E-state index in [0.717, 1.165) is 12.1 Å². The fourth-order valence-corrected chi connectivity index (χ4v) is 2.73. The third-order valence-corrected chi connectivity index (χ3v) is 4.19. The van der Waals surface area contributed by atoms with E-state index < -0.39 is 51.5 Å². The maximum absolute atomic E-state index is 13.6. The summed E-state index contributed by atoms with van der Waals surface area (Å²) < 4.78 is 89.7. The van der Waals surface area contributed by atoms with Gasteiger partial charge >= 0.3 is 12.4 Å². The van der Waals surface area contributed by atoms with Crippen molar-refractivity contribution in [2.45, 2.75) is 19.3 Å². The number of aromatic amines is 1. The summed E-state index contributed by atoms with van der Waals surface area (Å²) in [6.45, 7) is 1.51. The van der Waals surface area contributed by atoms with E-state index in [-0.39, 0.29) is 11.7 Å². The number of nitrogens with zero attached hydrogens (tertiary/aromatic N) is 3. The van der Waals surface area contributed by atoms with Gasteiger partial charge in [0, 0.05) is 11.8 Å². The van der Waals surface area contributed by atoms with E-state index in [0.29, 0.717) is 11.8 Å². The van der Waals surface area contributed by atoms with Gasteiger partial charge in [-0.1, -0.05) is 11.6 Å². The summed E-state index contributed by atoms with van der Waals surface area (Å²) in [5.74, 6) is -3.09. The Morgan fingerprint density at radius 1 is 1.00 bits per heavy atom. The number of aromatic nitrogens is 4. The molecule has 3 aromatic rings. The molecular weight excluding hydrogens is 470 g/mol. The van der Waals surface area contributed by atoms with Crippen LogP contribution in [0, 0.1) is 6.92 Å². The predicted molar refractivity (Wildman–Crippen MR) is 98.7 cm³/mol. The van der Waals surface area contributed by atoms with E-state index in [1.807, 2.05) is 4.98 Å². The average molecular weight is 481 g/mol. The minimum Gasteiger partial charge on any atom is -0.481 e. The van der Waals surface area contributed by atoms with Crippen molar-refractivity contribution in [1.82, 2.24) is 19.9 Å². The summed E-state index contributed by atoms with van der Waals surface area (Å²) in [4.78, 5) is 25.5. The molecule has 0 saturated heterocycles. The lowest BCUT2D eigenvalue weighted by atomic mass is 10.2. The topological polar surface area (TPSA) is 90.0 Å². The Morgan fingerprint density at radius 3 is 2.28 bits per heavy atom. The third kappa shape index (κ3) is 4.93. The molecule has 0 atom stereocenters. The van der Waals surface area contributed by atoms with Crippen molar-refractivity contribution < 1.29 is 35.8 Å². The molecule has 0 amide bonds. The van der Waals surface area contributed by atoms with Crippen LogP contribution in [-0.2, 0) is 12.4 Å². The molecule has 0 aliphatic carbocycles. The highest BCUT2D eigenvalue weighted by Crippen LogP contribution is 2.39. The first-order chi connectivity index (χ1) is 14.8. The first kappa shape index (κ1) is 23.3. The van der Waals surface area contributed by atoms with Gasteiger partial charge in [-0.2, -0.15) is 31.3 Å². The lowest BCUT2D eigenvalue weighted by Gasteiger charge is -2.15. The van der Waals surface area contributed by atoms with E-state index in [1.54, 1.807) is 0 Å². The molecule has 0 fully saturated rings. The number of benzene rings is 1. The fraction of sp³-hybridized carbons (Fsp3) is 0.222. The Balaban J connectivity index is 2.14. The molecule has 1 aromatic carbocycles. The van der Waals surface area contributed by atoms with E-state index in [2.05, 4.69) is 15.0 Å². The minimum absolute atomic E-state index is 0.00452. The molecule has 0 aliphatic rings. The molecule has 3 rings (SSSR count). The van der Waals surface area contributed by atoms with E-state index in [1.165, 1.54) is 20.1 Å². The SMILES string of the molecule is COc1cc(C)nc(-c2nc(C(F)(F)F)c(Oc3ccc(Cl)c(C(F)(F)F)c3)c(=O)[nH]2)n1. The van der Waals surface area contributed by atoms with Crippen molar-refractivity contribution in [2.24, 2.45) is 0 Å². The van der Waals surface area contributed by atoms with Gasteiger partial charge in [-0.15, -0.1) is 0 Å². The Labute approximate surface area is 180 Å². The minimum atomic E-state index is -5.20. The van der Waals surface area contributed by atoms with Gasteiger partial charge in [-0.05, 0) is 25.1 Å². The van der Waals surface area contributed by atoms with Crippen LogP contribution in [0.5, 0.6) is 17.4 Å². The number of halogens is 7. The van der Waals surface area contributed by atoms with Crippen LogP contribution in [-0.4, -0.2) is 27.0 Å². The van der Waals surface area contributed by atoms with Crippen LogP contribution in [0.25, 0.3) is 11.6 Å². The third-order valence-electron chi connectivity index (χ3n) is 3.86. The van der Waals surface area contributed by atoms with E-state index in [4.69, 9.17) is 21.1 Å². The van der Waals surface area contributed by atoms with Crippen LogP contribution in [0.1, 0.15) is 17.0 Å². The summed E-state index contributed by atoms with van der Waals surface area (Å²) >= 11 is 5.49. The largest absolute Gasteiger partial charge is 0.481 e. The van der Waals surface area contributed by atoms with E-state index >= 15 is 0 Å².